The molecule has 2 aromatic carbocycles. The highest BCUT2D eigenvalue weighted by Gasteiger charge is 2.36. The van der Waals surface area contributed by atoms with Gasteiger partial charge in [-0.25, -0.2) is 22.5 Å². The van der Waals surface area contributed by atoms with E-state index >= 15 is 0 Å². The third-order valence-electron chi connectivity index (χ3n) is 6.64. The first-order valence-corrected chi connectivity index (χ1v) is 14.8. The van der Waals surface area contributed by atoms with E-state index in [9.17, 15) is 17.6 Å². The molecule has 9 nitrogen and oxygen atoms in total. The first-order valence-electron chi connectivity index (χ1n) is 12.3. The third kappa shape index (κ3) is 6.19. The molecule has 0 aliphatic carbocycles. The van der Waals surface area contributed by atoms with Gasteiger partial charge in [-0.3, -0.25) is 15.1 Å². The van der Waals surface area contributed by atoms with Crippen LogP contribution in [-0.4, -0.2) is 84.2 Å². The number of nitrogens with zero attached hydrogens (tertiary/aromatic N) is 4. The molecular formula is C26H26Cl2FN5O4S. The van der Waals surface area contributed by atoms with E-state index in [1.54, 1.807) is 41.4 Å². The fourth-order valence-electron chi connectivity index (χ4n) is 4.79. The Bertz CT molecular complexity index is 1530. The van der Waals surface area contributed by atoms with Crippen molar-refractivity contribution in [3.05, 3.63) is 80.8 Å². The lowest BCUT2D eigenvalue weighted by atomic mass is 10.0. The Labute approximate surface area is 235 Å². The Morgan fingerprint density at radius 1 is 1.08 bits per heavy atom. The summed E-state index contributed by atoms with van der Waals surface area (Å²) >= 11 is 12.6. The topological polar surface area (TPSA) is 108 Å². The Hall–Kier alpha value is -2.80. The molecule has 3 aromatic rings. The zero-order valence-corrected chi connectivity index (χ0v) is 23.1. The zero-order chi connectivity index (χ0) is 27.7. The van der Waals surface area contributed by atoms with Crippen LogP contribution in [0.1, 0.15) is 27.3 Å². The number of fused-ring (bicyclic) bond motifs is 1. The predicted octanol–water partition coefficient (Wildman–Crippen LogP) is 3.04. The number of carbonyl (C=O) groups is 1. The first-order chi connectivity index (χ1) is 18.6. The van der Waals surface area contributed by atoms with Gasteiger partial charge in [0.05, 0.1) is 34.5 Å². The standard InChI is InChI=1S/C26H26Cl2FN5O4S/c27-19-3-6-23(22(28)14-19)34-25-18(13-17-1-4-20(29)5-2-17)15-39(37,38)16-21(25)24(30-34)26(36)31-33-9-7-32(8-10-33)11-12-35/h1-6,13-14,35H,7-12,15-16H2,(H,31,36)/b18-13+. The highest BCUT2D eigenvalue weighted by molar-refractivity contribution is 7.91. The number of sulfone groups is 1. The quantitative estimate of drug-likeness (QED) is 0.452. The van der Waals surface area contributed by atoms with Gasteiger partial charge in [-0.15, -0.1) is 0 Å². The molecule has 3 heterocycles. The van der Waals surface area contributed by atoms with E-state index in [1.165, 1.54) is 16.8 Å². The van der Waals surface area contributed by atoms with Crippen LogP contribution in [0.2, 0.25) is 10.0 Å². The number of aliphatic hydroxyl groups excluding tert-OH is 1. The average Bonchev–Trinajstić information content (AvgIpc) is 3.25. The lowest BCUT2D eigenvalue weighted by molar-refractivity contribution is 0.0576. The van der Waals surface area contributed by atoms with Crippen molar-refractivity contribution in [3.8, 4) is 5.69 Å². The number of hydrazine groups is 1. The molecule has 0 radical (unpaired) electrons. The molecule has 0 bridgehead atoms. The number of benzene rings is 2. The maximum absolute atomic E-state index is 13.5. The van der Waals surface area contributed by atoms with Gasteiger partial charge < -0.3 is 5.11 Å². The summed E-state index contributed by atoms with van der Waals surface area (Å²) in [6.45, 7) is 3.00. The Morgan fingerprint density at radius 3 is 2.46 bits per heavy atom. The molecule has 39 heavy (non-hydrogen) atoms. The average molecular weight is 594 g/mol. The highest BCUT2D eigenvalue weighted by atomic mass is 35.5. The number of piperazine rings is 1. The summed E-state index contributed by atoms with van der Waals surface area (Å²) in [6, 6.07) is 10.5. The molecule has 0 saturated carbocycles. The van der Waals surface area contributed by atoms with Crippen LogP contribution >= 0.6 is 23.2 Å². The molecule has 5 rings (SSSR count). The molecule has 1 aromatic heterocycles. The summed E-state index contributed by atoms with van der Waals surface area (Å²) in [5, 5.41) is 16.2. The summed E-state index contributed by atoms with van der Waals surface area (Å²) < 4.78 is 41.1. The Balaban J connectivity index is 1.59. The van der Waals surface area contributed by atoms with Gasteiger partial charge in [-0.05, 0) is 47.5 Å². The molecule has 1 saturated heterocycles. The molecule has 0 unspecified atom stereocenters. The number of hydrogen-bond donors (Lipinski definition) is 2. The number of aromatic nitrogens is 2. The number of nitrogens with one attached hydrogen (secondary N) is 1. The number of β-amino-alcohol motifs (C(OH)–C–C–N with tert-alkyl or cyclic N) is 1. The molecule has 0 atom stereocenters. The minimum atomic E-state index is -3.64. The van der Waals surface area contributed by atoms with Gasteiger partial charge in [-0.1, -0.05) is 35.3 Å². The third-order valence-corrected chi connectivity index (χ3v) is 8.66. The summed E-state index contributed by atoms with van der Waals surface area (Å²) in [6.07, 6.45) is 1.65. The van der Waals surface area contributed by atoms with E-state index < -0.39 is 21.6 Å². The minimum Gasteiger partial charge on any atom is -0.395 e. The van der Waals surface area contributed by atoms with Crippen LogP contribution in [0, 0.1) is 5.82 Å². The molecular weight excluding hydrogens is 568 g/mol. The fourth-order valence-corrected chi connectivity index (χ4v) is 6.79. The van der Waals surface area contributed by atoms with Crippen molar-refractivity contribution in [2.75, 3.05) is 45.1 Å². The van der Waals surface area contributed by atoms with Crippen LogP contribution in [0.5, 0.6) is 0 Å². The van der Waals surface area contributed by atoms with Crippen LogP contribution in [0.15, 0.2) is 42.5 Å². The molecule has 2 aliphatic heterocycles. The number of carbonyl (C=O) groups excluding carboxylic acids is 1. The summed E-state index contributed by atoms with van der Waals surface area (Å²) in [7, 11) is -3.64. The van der Waals surface area contributed by atoms with Gasteiger partial charge >= 0.3 is 0 Å². The van der Waals surface area contributed by atoms with E-state index in [4.69, 9.17) is 28.3 Å². The Morgan fingerprint density at radius 2 is 1.79 bits per heavy atom. The lowest BCUT2D eigenvalue weighted by Crippen LogP contribution is -2.54. The van der Waals surface area contributed by atoms with Crippen LogP contribution in [-0.2, 0) is 15.6 Å². The second kappa shape index (κ2) is 11.4. The molecule has 206 valence electrons. The van der Waals surface area contributed by atoms with Crippen molar-refractivity contribution in [2.24, 2.45) is 0 Å². The van der Waals surface area contributed by atoms with Crippen molar-refractivity contribution < 1.29 is 22.7 Å². The van der Waals surface area contributed by atoms with Gasteiger partial charge in [0.15, 0.2) is 15.5 Å². The summed E-state index contributed by atoms with van der Waals surface area (Å²) in [5.41, 5.74) is 4.95. The van der Waals surface area contributed by atoms with Crippen molar-refractivity contribution >= 4 is 50.6 Å². The van der Waals surface area contributed by atoms with Gasteiger partial charge in [0.1, 0.15) is 5.82 Å². The second-order valence-corrected chi connectivity index (χ2v) is 12.3. The smallest absolute Gasteiger partial charge is 0.286 e. The molecule has 1 amide bonds. The maximum atomic E-state index is 13.5. The van der Waals surface area contributed by atoms with Crippen LogP contribution in [0.25, 0.3) is 17.3 Å². The molecule has 13 heteroatoms. The molecule has 2 N–H and O–H groups in total. The minimum absolute atomic E-state index is 0.0258. The predicted molar refractivity (Wildman–Crippen MR) is 148 cm³/mol. The largest absolute Gasteiger partial charge is 0.395 e. The van der Waals surface area contributed by atoms with E-state index in [2.05, 4.69) is 15.4 Å². The number of rotatable bonds is 6. The SMILES string of the molecule is O=C(NN1CCN(CCO)CC1)c1nn(-c2ccc(Cl)cc2Cl)c2c1CS(=O)(=O)C/C2=C\c1ccc(F)cc1. The van der Waals surface area contributed by atoms with Gasteiger partial charge in [0.2, 0.25) is 0 Å². The van der Waals surface area contributed by atoms with E-state index in [0.29, 0.717) is 60.3 Å². The number of halogens is 3. The van der Waals surface area contributed by atoms with E-state index in [1.807, 2.05) is 0 Å². The van der Waals surface area contributed by atoms with Crippen LogP contribution < -0.4 is 5.43 Å². The normalized spacial score (nSPS) is 18.7. The summed E-state index contributed by atoms with van der Waals surface area (Å²) in [5.74, 6) is -1.61. The zero-order valence-electron chi connectivity index (χ0n) is 20.8. The molecule has 0 spiro atoms. The van der Waals surface area contributed by atoms with E-state index in [0.717, 1.165) is 0 Å². The van der Waals surface area contributed by atoms with Crippen LogP contribution in [0.3, 0.4) is 0 Å². The fraction of sp³-hybridized carbons (Fsp3) is 0.308. The molecule has 2 aliphatic rings. The number of hydrogen-bond acceptors (Lipinski definition) is 7. The monoisotopic (exact) mass is 593 g/mol. The molecule has 1 fully saturated rings. The van der Waals surface area contributed by atoms with Crippen LogP contribution in [0.4, 0.5) is 4.39 Å². The summed E-state index contributed by atoms with van der Waals surface area (Å²) in [4.78, 5) is 15.6. The maximum Gasteiger partial charge on any atom is 0.286 e. The van der Waals surface area contributed by atoms with Gasteiger partial charge in [0.25, 0.3) is 5.91 Å². The highest BCUT2D eigenvalue weighted by Crippen LogP contribution is 2.36. The first kappa shape index (κ1) is 27.8. The number of amides is 1. The van der Waals surface area contributed by atoms with Crippen molar-refractivity contribution in [1.29, 1.82) is 0 Å². The van der Waals surface area contributed by atoms with Gasteiger partial charge in [-0.2, -0.15) is 5.10 Å². The second-order valence-electron chi connectivity index (χ2n) is 9.43. The van der Waals surface area contributed by atoms with Crippen molar-refractivity contribution in [3.63, 3.8) is 0 Å². The van der Waals surface area contributed by atoms with Crippen molar-refractivity contribution in [1.82, 2.24) is 25.1 Å². The van der Waals surface area contributed by atoms with Gasteiger partial charge in [0, 0.05) is 43.3 Å². The lowest BCUT2D eigenvalue weighted by Gasteiger charge is -2.34. The Kier molecular flexibility index (Phi) is 8.08. The van der Waals surface area contributed by atoms with Crippen molar-refractivity contribution in [2.45, 2.75) is 5.75 Å². The van der Waals surface area contributed by atoms with E-state index in [-0.39, 0.29) is 34.4 Å². The number of aliphatic hydroxyl groups is 1.